The average molecular weight is 213 g/mol. The monoisotopic (exact) mass is 213 g/mol. The molecule has 15 heavy (non-hydrogen) atoms. The minimum atomic E-state index is -0.768. The second kappa shape index (κ2) is 3.46. The summed E-state index contributed by atoms with van der Waals surface area (Å²) in [6, 6.07) is 0. The van der Waals surface area contributed by atoms with Gasteiger partial charge in [0, 0.05) is 0 Å². The first kappa shape index (κ1) is 10.9. The summed E-state index contributed by atoms with van der Waals surface area (Å²) in [6.45, 7) is 3.50. The van der Waals surface area contributed by atoms with E-state index in [0.29, 0.717) is 12.8 Å². The average Bonchev–Trinajstić information content (AvgIpc) is 2.14. The van der Waals surface area contributed by atoms with Crippen molar-refractivity contribution in [3.05, 3.63) is 0 Å². The van der Waals surface area contributed by atoms with E-state index in [1.807, 2.05) is 0 Å². The summed E-state index contributed by atoms with van der Waals surface area (Å²) in [6.07, 6.45) is 2.82. The highest BCUT2D eigenvalue weighted by Crippen LogP contribution is 2.54. The molecule has 3 N–H and O–H groups in total. The van der Waals surface area contributed by atoms with E-state index >= 15 is 0 Å². The van der Waals surface area contributed by atoms with Gasteiger partial charge in [0.1, 0.15) is 0 Å². The number of carboxylic acid groups (broad SMARTS) is 1. The lowest BCUT2D eigenvalue weighted by Crippen LogP contribution is -2.60. The zero-order chi connectivity index (χ0) is 11.1. The summed E-state index contributed by atoms with van der Waals surface area (Å²) in [5.74, 6) is -0.549. The first-order valence-corrected chi connectivity index (χ1v) is 5.63. The van der Waals surface area contributed by atoms with Crippen molar-refractivity contribution in [1.29, 1.82) is 0 Å². The predicted molar refractivity (Wildman–Crippen MR) is 55.5 cm³/mol. The molecule has 4 heteroatoms. The fourth-order valence-corrected chi connectivity index (χ4v) is 3.25. The van der Waals surface area contributed by atoms with Gasteiger partial charge >= 0.3 is 5.97 Å². The quantitative estimate of drug-likeness (QED) is 0.628. The van der Waals surface area contributed by atoms with E-state index in [4.69, 9.17) is 0 Å². The molecule has 0 amide bonds. The van der Waals surface area contributed by atoms with Gasteiger partial charge in [-0.2, -0.15) is 0 Å². The molecule has 4 nitrogen and oxygen atoms in total. The molecule has 1 saturated carbocycles. The van der Waals surface area contributed by atoms with Crippen molar-refractivity contribution in [3.63, 3.8) is 0 Å². The van der Waals surface area contributed by atoms with E-state index in [1.165, 1.54) is 0 Å². The molecule has 2 aliphatic rings. The maximum Gasteiger partial charge on any atom is 0.310 e. The smallest absolute Gasteiger partial charge is 0.310 e. The van der Waals surface area contributed by atoms with Gasteiger partial charge < -0.3 is 15.5 Å². The molecular weight excluding hydrogens is 194 g/mol. The Balaban J connectivity index is 2.10. The lowest BCUT2D eigenvalue weighted by molar-refractivity contribution is -0.189. The number of nitrogens with one attached hydrogen (secondary N) is 1. The van der Waals surface area contributed by atoms with Crippen LogP contribution in [0, 0.1) is 11.3 Å². The molecular formula is C11H19NO3. The zero-order valence-electron chi connectivity index (χ0n) is 9.12. The maximum absolute atomic E-state index is 11.4. The molecule has 1 atom stereocenters. The number of carbonyl (C=O) groups is 1. The van der Waals surface area contributed by atoms with Gasteiger partial charge in [0.05, 0.1) is 11.0 Å². The van der Waals surface area contributed by atoms with E-state index in [2.05, 4.69) is 5.32 Å². The third kappa shape index (κ3) is 1.76. The van der Waals surface area contributed by atoms with Crippen LogP contribution >= 0.6 is 0 Å². The van der Waals surface area contributed by atoms with E-state index < -0.39 is 17.0 Å². The van der Waals surface area contributed by atoms with E-state index in [9.17, 15) is 15.0 Å². The number of piperidine rings is 1. The summed E-state index contributed by atoms with van der Waals surface area (Å²) >= 11 is 0. The molecule has 1 saturated heterocycles. The van der Waals surface area contributed by atoms with E-state index in [1.54, 1.807) is 6.92 Å². The number of hydrogen-bond donors (Lipinski definition) is 3. The van der Waals surface area contributed by atoms with Gasteiger partial charge in [0.15, 0.2) is 0 Å². The van der Waals surface area contributed by atoms with Gasteiger partial charge in [-0.25, -0.2) is 0 Å². The molecule has 86 valence electrons. The number of rotatable bonds is 2. The molecule has 0 aromatic heterocycles. The fourth-order valence-electron chi connectivity index (χ4n) is 3.25. The fraction of sp³-hybridized carbons (Fsp3) is 0.909. The SMILES string of the molecule is CC1(O)CC(C(=O)O)(C2CCCNC2)C1. The minimum absolute atomic E-state index is 0.184. The lowest BCUT2D eigenvalue weighted by Gasteiger charge is -2.53. The van der Waals surface area contributed by atoms with Crippen molar-refractivity contribution >= 4 is 5.97 Å². The lowest BCUT2D eigenvalue weighted by atomic mass is 9.53. The highest BCUT2D eigenvalue weighted by atomic mass is 16.4. The Bertz CT molecular complexity index is 261. The number of aliphatic hydroxyl groups is 1. The number of aliphatic carboxylic acids is 1. The summed E-state index contributed by atoms with van der Waals surface area (Å²) in [7, 11) is 0. The van der Waals surface area contributed by atoms with Gasteiger partial charge in [-0.3, -0.25) is 4.79 Å². The van der Waals surface area contributed by atoms with Gasteiger partial charge in [0.25, 0.3) is 0 Å². The van der Waals surface area contributed by atoms with Crippen molar-refractivity contribution < 1.29 is 15.0 Å². The Labute approximate surface area is 89.7 Å². The van der Waals surface area contributed by atoms with Crippen molar-refractivity contribution in [2.24, 2.45) is 11.3 Å². The molecule has 1 unspecified atom stereocenters. The molecule has 0 aromatic carbocycles. The summed E-state index contributed by atoms with van der Waals surface area (Å²) in [5.41, 5.74) is -1.44. The van der Waals surface area contributed by atoms with Crippen LogP contribution in [0.15, 0.2) is 0 Å². The normalized spacial score (nSPS) is 45.9. The minimum Gasteiger partial charge on any atom is -0.481 e. The highest BCUT2D eigenvalue weighted by Gasteiger charge is 2.60. The molecule has 0 bridgehead atoms. The summed E-state index contributed by atoms with van der Waals surface area (Å²) in [4.78, 5) is 11.4. The van der Waals surface area contributed by atoms with Crippen LogP contribution in [0.4, 0.5) is 0 Å². The largest absolute Gasteiger partial charge is 0.481 e. The van der Waals surface area contributed by atoms with Crippen LogP contribution < -0.4 is 5.32 Å². The molecule has 2 fully saturated rings. The van der Waals surface area contributed by atoms with E-state index in [0.717, 1.165) is 25.9 Å². The third-order valence-electron chi connectivity index (χ3n) is 3.90. The van der Waals surface area contributed by atoms with Crippen molar-refractivity contribution in [2.75, 3.05) is 13.1 Å². The van der Waals surface area contributed by atoms with Crippen molar-refractivity contribution in [1.82, 2.24) is 5.32 Å². The standard InChI is InChI=1S/C11H19NO3/c1-10(15)6-11(7-10,9(13)14)8-3-2-4-12-5-8/h8,12,15H,2-7H2,1H3,(H,13,14). The van der Waals surface area contributed by atoms with E-state index in [-0.39, 0.29) is 5.92 Å². The maximum atomic E-state index is 11.4. The zero-order valence-corrected chi connectivity index (χ0v) is 9.12. The second-order valence-electron chi connectivity index (χ2n) is 5.36. The van der Waals surface area contributed by atoms with Crippen LogP contribution in [0.2, 0.25) is 0 Å². The van der Waals surface area contributed by atoms with Crippen LogP contribution in [0.3, 0.4) is 0 Å². The Kier molecular flexibility index (Phi) is 2.51. The topological polar surface area (TPSA) is 69.6 Å². The molecule has 0 aromatic rings. The van der Waals surface area contributed by atoms with Crippen molar-refractivity contribution in [3.8, 4) is 0 Å². The Morgan fingerprint density at radius 3 is 2.53 bits per heavy atom. The van der Waals surface area contributed by atoms with Gasteiger partial charge in [-0.15, -0.1) is 0 Å². The Morgan fingerprint density at radius 1 is 1.47 bits per heavy atom. The van der Waals surface area contributed by atoms with Gasteiger partial charge in [0.2, 0.25) is 0 Å². The Hall–Kier alpha value is -0.610. The van der Waals surface area contributed by atoms with Crippen LogP contribution in [0.1, 0.15) is 32.6 Å². The van der Waals surface area contributed by atoms with Crippen LogP contribution in [-0.2, 0) is 4.79 Å². The molecule has 2 rings (SSSR count). The molecule has 1 aliphatic carbocycles. The summed E-state index contributed by atoms with van der Waals surface area (Å²) in [5, 5.41) is 22.3. The Morgan fingerprint density at radius 2 is 2.13 bits per heavy atom. The molecule has 1 aliphatic heterocycles. The van der Waals surface area contributed by atoms with Crippen LogP contribution in [0.25, 0.3) is 0 Å². The van der Waals surface area contributed by atoms with Crippen LogP contribution in [-0.4, -0.2) is 34.9 Å². The predicted octanol–water partition coefficient (Wildman–Crippen LogP) is 0.602. The molecule has 1 heterocycles. The van der Waals surface area contributed by atoms with Crippen molar-refractivity contribution in [2.45, 2.75) is 38.2 Å². The first-order valence-electron chi connectivity index (χ1n) is 5.63. The highest BCUT2D eigenvalue weighted by molar-refractivity contribution is 5.77. The third-order valence-corrected chi connectivity index (χ3v) is 3.90. The van der Waals surface area contributed by atoms with Gasteiger partial charge in [-0.05, 0) is 51.6 Å². The second-order valence-corrected chi connectivity index (χ2v) is 5.36. The molecule has 0 spiro atoms. The number of carboxylic acids is 1. The first-order chi connectivity index (χ1) is 6.96. The van der Waals surface area contributed by atoms with Gasteiger partial charge in [-0.1, -0.05) is 0 Å². The summed E-state index contributed by atoms with van der Waals surface area (Å²) < 4.78 is 0. The number of hydrogen-bond acceptors (Lipinski definition) is 3. The molecule has 0 radical (unpaired) electrons. The van der Waals surface area contributed by atoms with Crippen LogP contribution in [0.5, 0.6) is 0 Å².